The number of nitrogens with zero attached hydrogens (tertiary/aromatic N) is 1. The van der Waals surface area contributed by atoms with E-state index in [1.165, 1.54) is 25.7 Å². The van der Waals surface area contributed by atoms with Gasteiger partial charge in [0.25, 0.3) is 0 Å². The molecule has 0 spiro atoms. The summed E-state index contributed by atoms with van der Waals surface area (Å²) >= 11 is 0. The largest absolute Gasteiger partial charge is 0.465 e. The zero-order chi connectivity index (χ0) is 15.4. The Kier molecular flexibility index (Phi) is 5.62. The quantitative estimate of drug-likeness (QED) is 0.785. The summed E-state index contributed by atoms with van der Waals surface area (Å²) in [4.78, 5) is 26.1. The molecular weight excluding hydrogens is 268 g/mol. The molecule has 5 nitrogen and oxygen atoms in total. The number of esters is 1. The number of fused-ring (bicyclic) bond motifs is 1. The average molecular weight is 296 g/mol. The number of amides is 1. The lowest BCUT2D eigenvalue weighted by molar-refractivity contribution is -0.150. The molecule has 2 rings (SSSR count). The molecule has 3 unspecified atom stereocenters. The number of hydrogen-bond donors (Lipinski definition) is 1. The van der Waals surface area contributed by atoms with Crippen LogP contribution in [0.3, 0.4) is 0 Å². The van der Waals surface area contributed by atoms with Crippen molar-refractivity contribution in [3.8, 4) is 0 Å². The van der Waals surface area contributed by atoms with Crippen molar-refractivity contribution in [1.82, 2.24) is 10.2 Å². The van der Waals surface area contributed by atoms with Gasteiger partial charge in [-0.15, -0.1) is 0 Å². The highest BCUT2D eigenvalue weighted by Crippen LogP contribution is 2.33. The number of hydrogen-bond acceptors (Lipinski definition) is 4. The first-order valence-corrected chi connectivity index (χ1v) is 8.25. The minimum absolute atomic E-state index is 0.00586. The van der Waals surface area contributed by atoms with Crippen LogP contribution in [-0.4, -0.2) is 48.1 Å². The molecule has 0 aromatic carbocycles. The molecule has 2 fully saturated rings. The highest BCUT2D eigenvalue weighted by molar-refractivity contribution is 5.86. The van der Waals surface area contributed by atoms with Gasteiger partial charge in [0, 0.05) is 12.1 Å². The summed E-state index contributed by atoms with van der Waals surface area (Å²) in [6.45, 7) is 6.07. The molecule has 1 heterocycles. The molecule has 1 aliphatic heterocycles. The molecule has 21 heavy (non-hydrogen) atoms. The van der Waals surface area contributed by atoms with E-state index >= 15 is 0 Å². The topological polar surface area (TPSA) is 58.6 Å². The van der Waals surface area contributed by atoms with E-state index in [4.69, 9.17) is 4.74 Å². The molecule has 1 saturated carbocycles. The lowest BCUT2D eigenvalue weighted by Crippen LogP contribution is -2.50. The molecule has 0 aromatic heterocycles. The monoisotopic (exact) mass is 296 g/mol. The highest BCUT2D eigenvalue weighted by Gasteiger charge is 2.40. The van der Waals surface area contributed by atoms with Gasteiger partial charge in [0.15, 0.2) is 0 Å². The lowest BCUT2D eigenvalue weighted by atomic mass is 9.85. The molecule has 0 radical (unpaired) electrons. The number of rotatable bonds is 5. The van der Waals surface area contributed by atoms with Crippen LogP contribution in [0.15, 0.2) is 0 Å². The van der Waals surface area contributed by atoms with Crippen molar-refractivity contribution in [2.24, 2.45) is 5.92 Å². The number of ether oxygens (including phenoxy) is 1. The van der Waals surface area contributed by atoms with Gasteiger partial charge in [-0.25, -0.2) is 0 Å². The fraction of sp³-hybridized carbons (Fsp3) is 0.875. The fourth-order valence-corrected chi connectivity index (χ4v) is 3.57. The Labute approximate surface area is 127 Å². The normalized spacial score (nSPS) is 28.3. The Bertz CT molecular complexity index is 370. The summed E-state index contributed by atoms with van der Waals surface area (Å²) in [7, 11) is 0. The molecule has 120 valence electrons. The summed E-state index contributed by atoms with van der Waals surface area (Å²) in [5.41, 5.74) is 0. The van der Waals surface area contributed by atoms with E-state index in [1.807, 2.05) is 13.8 Å². The van der Waals surface area contributed by atoms with Gasteiger partial charge in [0.05, 0.1) is 12.6 Å². The Hall–Kier alpha value is -1.10. The molecular formula is C16H28N2O3. The Morgan fingerprint density at radius 3 is 2.62 bits per heavy atom. The maximum absolute atomic E-state index is 12.7. The van der Waals surface area contributed by atoms with Gasteiger partial charge in [-0.1, -0.05) is 12.8 Å². The Morgan fingerprint density at radius 1 is 1.29 bits per heavy atom. The number of nitrogens with one attached hydrogen (secondary N) is 1. The van der Waals surface area contributed by atoms with Gasteiger partial charge in [0.2, 0.25) is 5.91 Å². The van der Waals surface area contributed by atoms with E-state index in [0.29, 0.717) is 18.6 Å². The number of carbonyl (C=O) groups is 2. The average Bonchev–Trinajstić information content (AvgIpc) is 2.88. The van der Waals surface area contributed by atoms with Crippen LogP contribution >= 0.6 is 0 Å². The number of carbonyl (C=O) groups excluding carboxylic acids is 2. The summed E-state index contributed by atoms with van der Waals surface area (Å²) in [6.07, 6.45) is 5.84. The second kappa shape index (κ2) is 7.25. The second-order valence-electron chi connectivity index (χ2n) is 6.47. The van der Waals surface area contributed by atoms with Gasteiger partial charge in [-0.3, -0.25) is 9.59 Å². The van der Waals surface area contributed by atoms with Crippen LogP contribution in [0.5, 0.6) is 0 Å². The van der Waals surface area contributed by atoms with Crippen LogP contribution in [0.25, 0.3) is 0 Å². The summed E-state index contributed by atoms with van der Waals surface area (Å²) in [5, 5.41) is 3.49. The van der Waals surface area contributed by atoms with E-state index in [9.17, 15) is 9.59 Å². The Balaban J connectivity index is 1.96. The van der Waals surface area contributed by atoms with Crippen molar-refractivity contribution in [2.75, 3.05) is 13.2 Å². The first-order valence-electron chi connectivity index (χ1n) is 8.25. The minimum atomic E-state index is -0.324. The standard InChI is InChI=1S/C16H28N2O3/c1-4-21-15(19)10-18(11(2)3)16(20)14-9-12-7-5-6-8-13(12)17-14/h11-14,17H,4-10H2,1-3H3. The molecule has 0 aromatic rings. The zero-order valence-corrected chi connectivity index (χ0v) is 13.4. The van der Waals surface area contributed by atoms with Crippen molar-refractivity contribution >= 4 is 11.9 Å². The van der Waals surface area contributed by atoms with E-state index in [0.717, 1.165) is 6.42 Å². The summed E-state index contributed by atoms with van der Waals surface area (Å²) in [5.74, 6) is 0.353. The van der Waals surface area contributed by atoms with Gasteiger partial charge in [-0.2, -0.15) is 0 Å². The van der Waals surface area contributed by atoms with E-state index in [-0.39, 0.29) is 30.5 Å². The van der Waals surface area contributed by atoms with Crippen LogP contribution in [0.4, 0.5) is 0 Å². The maximum atomic E-state index is 12.7. The van der Waals surface area contributed by atoms with Crippen LogP contribution in [0.1, 0.15) is 52.9 Å². The van der Waals surface area contributed by atoms with E-state index in [2.05, 4.69) is 5.32 Å². The molecule has 3 atom stereocenters. The zero-order valence-electron chi connectivity index (χ0n) is 13.4. The smallest absolute Gasteiger partial charge is 0.325 e. The third-order valence-corrected chi connectivity index (χ3v) is 4.67. The molecule has 1 N–H and O–H groups in total. The Morgan fingerprint density at radius 2 is 2.00 bits per heavy atom. The van der Waals surface area contributed by atoms with Crippen molar-refractivity contribution in [3.63, 3.8) is 0 Å². The summed E-state index contributed by atoms with van der Waals surface area (Å²) < 4.78 is 4.98. The van der Waals surface area contributed by atoms with E-state index in [1.54, 1.807) is 11.8 Å². The van der Waals surface area contributed by atoms with Crippen LogP contribution in [-0.2, 0) is 14.3 Å². The van der Waals surface area contributed by atoms with Crippen molar-refractivity contribution in [3.05, 3.63) is 0 Å². The van der Waals surface area contributed by atoms with Crippen LogP contribution in [0.2, 0.25) is 0 Å². The first kappa shape index (κ1) is 16.3. The maximum Gasteiger partial charge on any atom is 0.325 e. The first-order chi connectivity index (χ1) is 10.0. The van der Waals surface area contributed by atoms with Gasteiger partial charge in [-0.05, 0) is 46.0 Å². The second-order valence-corrected chi connectivity index (χ2v) is 6.47. The van der Waals surface area contributed by atoms with Crippen molar-refractivity contribution < 1.29 is 14.3 Å². The third kappa shape index (κ3) is 3.96. The molecule has 1 amide bonds. The van der Waals surface area contributed by atoms with Crippen molar-refractivity contribution in [1.29, 1.82) is 0 Å². The van der Waals surface area contributed by atoms with Gasteiger partial charge in [0.1, 0.15) is 6.54 Å². The fourth-order valence-electron chi connectivity index (χ4n) is 3.57. The highest BCUT2D eigenvalue weighted by atomic mass is 16.5. The minimum Gasteiger partial charge on any atom is -0.465 e. The molecule has 5 heteroatoms. The van der Waals surface area contributed by atoms with Gasteiger partial charge < -0.3 is 15.0 Å². The molecule has 1 saturated heterocycles. The molecule has 2 aliphatic rings. The third-order valence-electron chi connectivity index (χ3n) is 4.67. The van der Waals surface area contributed by atoms with E-state index < -0.39 is 0 Å². The predicted molar refractivity (Wildman–Crippen MR) is 80.8 cm³/mol. The summed E-state index contributed by atoms with van der Waals surface area (Å²) in [6, 6.07) is 0.366. The van der Waals surface area contributed by atoms with Crippen LogP contribution < -0.4 is 5.32 Å². The molecule has 0 bridgehead atoms. The van der Waals surface area contributed by atoms with Crippen LogP contribution in [0, 0.1) is 5.92 Å². The predicted octanol–water partition coefficient (Wildman–Crippen LogP) is 1.71. The van der Waals surface area contributed by atoms with Crippen molar-refractivity contribution in [2.45, 2.75) is 71.0 Å². The molecule has 1 aliphatic carbocycles. The SMILES string of the molecule is CCOC(=O)CN(C(=O)C1CC2CCCCC2N1)C(C)C. The lowest BCUT2D eigenvalue weighted by Gasteiger charge is -2.28. The van der Waals surface area contributed by atoms with Gasteiger partial charge >= 0.3 is 5.97 Å².